The molecule has 0 N–H and O–H groups in total. The molecule has 3 fully saturated rings. The lowest BCUT2D eigenvalue weighted by molar-refractivity contribution is -0.133. The van der Waals surface area contributed by atoms with Gasteiger partial charge in [-0.1, -0.05) is 93.9 Å². The van der Waals surface area contributed by atoms with Crippen LogP contribution in [0.2, 0.25) is 5.04 Å². The first-order valence-electron chi connectivity index (χ1n) is 15.1. The smallest absolute Gasteiger partial charge is 0.261 e. The third-order valence-corrected chi connectivity index (χ3v) is 16.3. The molecule has 39 heavy (non-hydrogen) atoms. The van der Waals surface area contributed by atoms with Crippen LogP contribution in [0.15, 0.2) is 72.3 Å². The van der Waals surface area contributed by atoms with E-state index in [1.165, 1.54) is 15.9 Å². The topological polar surface area (TPSA) is 43.4 Å². The van der Waals surface area contributed by atoms with Crippen LogP contribution in [0.5, 0.6) is 0 Å². The van der Waals surface area contributed by atoms with Gasteiger partial charge in [0.2, 0.25) is 0 Å². The molecule has 4 heteroatoms. The Hall–Kier alpha value is -2.30. The van der Waals surface area contributed by atoms with E-state index in [4.69, 9.17) is 4.43 Å². The minimum atomic E-state index is -2.71. The van der Waals surface area contributed by atoms with Crippen molar-refractivity contribution in [2.24, 2.45) is 28.6 Å². The summed E-state index contributed by atoms with van der Waals surface area (Å²) in [5.74, 6) is 2.27. The molecule has 3 saturated carbocycles. The number of fused-ring (bicyclic) bond motifs is 5. The van der Waals surface area contributed by atoms with Gasteiger partial charge < -0.3 is 4.43 Å². The first-order valence-corrected chi connectivity index (χ1v) is 17.0. The second-order valence-electron chi connectivity index (χ2n) is 14.1. The average molecular weight is 541 g/mol. The molecule has 0 saturated heterocycles. The van der Waals surface area contributed by atoms with Gasteiger partial charge >= 0.3 is 0 Å². The van der Waals surface area contributed by atoms with Crippen molar-refractivity contribution in [3.05, 3.63) is 72.3 Å². The standard InChI is InChI=1S/C35H44O3Si/c1-33(2,3)39(27-11-7-5-8-12-27,28-13-9-6-10-14-28)38-24-35-22-19-26(36)23-25(35)15-16-29-30-17-18-32(37)34(30,4)21-20-31(29)35/h5-14,23,29-31H,15-22,24H2,1-4H3/t29-,30-,31-,34-,35+/m0/s1. The molecule has 2 aromatic rings. The van der Waals surface area contributed by atoms with E-state index in [0.717, 1.165) is 44.9 Å². The van der Waals surface area contributed by atoms with E-state index in [2.05, 4.69) is 88.4 Å². The molecule has 2 aromatic carbocycles. The third-order valence-electron chi connectivity index (χ3n) is 11.4. The van der Waals surface area contributed by atoms with Crippen molar-refractivity contribution in [1.82, 2.24) is 0 Å². The molecule has 0 amide bonds. The van der Waals surface area contributed by atoms with E-state index in [-0.39, 0.29) is 21.7 Å². The number of carbonyl (C=O) groups is 2. The summed E-state index contributed by atoms with van der Waals surface area (Å²) in [4.78, 5) is 25.8. The van der Waals surface area contributed by atoms with Crippen LogP contribution in [0.25, 0.3) is 0 Å². The van der Waals surface area contributed by atoms with Gasteiger partial charge in [-0.25, -0.2) is 0 Å². The first kappa shape index (κ1) is 26.9. The Morgan fingerprint density at radius 3 is 2.08 bits per heavy atom. The number of hydrogen-bond acceptors (Lipinski definition) is 3. The van der Waals surface area contributed by atoms with Crippen LogP contribution in [0.1, 0.15) is 79.1 Å². The second-order valence-corrected chi connectivity index (χ2v) is 18.4. The lowest BCUT2D eigenvalue weighted by atomic mass is 9.47. The van der Waals surface area contributed by atoms with E-state index in [9.17, 15) is 9.59 Å². The van der Waals surface area contributed by atoms with Crippen LogP contribution in [-0.4, -0.2) is 26.5 Å². The highest BCUT2D eigenvalue weighted by molar-refractivity contribution is 6.99. The zero-order chi connectivity index (χ0) is 27.5. The maximum Gasteiger partial charge on any atom is 0.261 e. The number of carbonyl (C=O) groups excluding carboxylic acids is 2. The molecule has 6 rings (SSSR count). The van der Waals surface area contributed by atoms with Crippen molar-refractivity contribution in [3.8, 4) is 0 Å². The number of ketones is 2. The molecule has 0 radical (unpaired) electrons. The number of hydrogen-bond donors (Lipinski definition) is 0. The Morgan fingerprint density at radius 1 is 0.821 bits per heavy atom. The number of rotatable bonds is 5. The van der Waals surface area contributed by atoms with Crippen molar-refractivity contribution in [2.75, 3.05) is 6.61 Å². The molecular formula is C35H44O3Si. The van der Waals surface area contributed by atoms with Crippen LogP contribution in [0.3, 0.4) is 0 Å². The quantitative estimate of drug-likeness (QED) is 0.399. The molecule has 0 heterocycles. The van der Waals surface area contributed by atoms with Crippen molar-refractivity contribution in [1.29, 1.82) is 0 Å². The summed E-state index contributed by atoms with van der Waals surface area (Å²) in [6.07, 6.45) is 9.42. The van der Waals surface area contributed by atoms with Crippen LogP contribution < -0.4 is 10.4 Å². The highest BCUT2D eigenvalue weighted by atomic mass is 28.4. The van der Waals surface area contributed by atoms with Crippen molar-refractivity contribution in [3.63, 3.8) is 0 Å². The summed E-state index contributed by atoms with van der Waals surface area (Å²) in [5, 5.41) is 2.53. The van der Waals surface area contributed by atoms with Gasteiger partial charge in [-0.05, 0) is 77.8 Å². The molecular weight excluding hydrogens is 496 g/mol. The molecule has 0 spiro atoms. The van der Waals surface area contributed by atoms with E-state index < -0.39 is 8.32 Å². The summed E-state index contributed by atoms with van der Waals surface area (Å²) in [7, 11) is -2.71. The second kappa shape index (κ2) is 9.66. The molecule has 0 aromatic heterocycles. The van der Waals surface area contributed by atoms with Crippen LogP contribution in [-0.2, 0) is 14.0 Å². The van der Waals surface area contributed by atoms with Crippen LogP contribution in [0, 0.1) is 28.6 Å². The lowest BCUT2D eigenvalue weighted by Crippen LogP contribution is -2.68. The summed E-state index contributed by atoms with van der Waals surface area (Å²) in [6.45, 7) is 9.95. The fourth-order valence-electron chi connectivity index (χ4n) is 9.40. The molecule has 0 bridgehead atoms. The van der Waals surface area contributed by atoms with E-state index in [0.29, 0.717) is 36.6 Å². The molecule has 0 unspecified atom stereocenters. The Kier molecular flexibility index (Phi) is 6.66. The van der Waals surface area contributed by atoms with E-state index >= 15 is 0 Å². The van der Waals surface area contributed by atoms with Gasteiger partial charge in [-0.3, -0.25) is 9.59 Å². The number of benzene rings is 2. The Labute approximate surface area is 235 Å². The van der Waals surface area contributed by atoms with Gasteiger partial charge in [-0.15, -0.1) is 0 Å². The normalized spacial score (nSPS) is 32.7. The fraction of sp³-hybridized carbons (Fsp3) is 0.543. The average Bonchev–Trinajstić information content (AvgIpc) is 3.24. The van der Waals surface area contributed by atoms with Gasteiger partial charge in [0.05, 0.1) is 0 Å². The minimum absolute atomic E-state index is 0.0855. The Bertz CT molecular complexity index is 1240. The van der Waals surface area contributed by atoms with Gasteiger partial charge in [0.15, 0.2) is 5.78 Å². The molecule has 0 aliphatic heterocycles. The van der Waals surface area contributed by atoms with Gasteiger partial charge in [0, 0.05) is 30.3 Å². The Balaban J connectivity index is 1.45. The monoisotopic (exact) mass is 540 g/mol. The van der Waals surface area contributed by atoms with Crippen molar-refractivity contribution >= 4 is 30.3 Å². The zero-order valence-electron chi connectivity index (χ0n) is 24.2. The fourth-order valence-corrected chi connectivity index (χ4v) is 14.0. The Morgan fingerprint density at radius 2 is 1.46 bits per heavy atom. The predicted molar refractivity (Wildman–Crippen MR) is 160 cm³/mol. The van der Waals surface area contributed by atoms with Crippen molar-refractivity contribution in [2.45, 2.75) is 84.1 Å². The maximum absolute atomic E-state index is 13.0. The van der Waals surface area contributed by atoms with Crippen LogP contribution >= 0.6 is 0 Å². The summed E-state index contributed by atoms with van der Waals surface area (Å²) >= 11 is 0. The highest BCUT2D eigenvalue weighted by Crippen LogP contribution is 2.64. The van der Waals surface area contributed by atoms with E-state index in [1.54, 1.807) is 0 Å². The maximum atomic E-state index is 13.0. The summed E-state index contributed by atoms with van der Waals surface area (Å²) in [5.41, 5.74) is 1.08. The lowest BCUT2D eigenvalue weighted by Gasteiger charge is -2.58. The van der Waals surface area contributed by atoms with E-state index in [1.807, 2.05) is 6.08 Å². The van der Waals surface area contributed by atoms with Gasteiger partial charge in [0.25, 0.3) is 8.32 Å². The third kappa shape index (κ3) is 4.08. The zero-order valence-corrected chi connectivity index (χ0v) is 25.2. The highest BCUT2D eigenvalue weighted by Gasteiger charge is 2.61. The molecule has 4 aliphatic carbocycles. The minimum Gasteiger partial charge on any atom is -0.407 e. The molecule has 5 atom stereocenters. The molecule has 3 nitrogen and oxygen atoms in total. The SMILES string of the molecule is CC(C)(C)[Si](OC[C@]12CCC(=O)C=C1CC[C@@H]1[C@@H]2CC[C@]2(C)C(=O)CC[C@@H]12)(c1ccccc1)c1ccccc1. The predicted octanol–water partition coefficient (Wildman–Crippen LogP) is 6.64. The molecule has 206 valence electrons. The number of Topliss-reactive ketones (excluding diaryl/α,β-unsaturated/α-hetero) is 1. The largest absolute Gasteiger partial charge is 0.407 e. The summed E-state index contributed by atoms with van der Waals surface area (Å²) < 4.78 is 7.63. The molecule has 4 aliphatic rings. The van der Waals surface area contributed by atoms with Gasteiger partial charge in [-0.2, -0.15) is 0 Å². The first-order chi connectivity index (χ1) is 18.6. The summed E-state index contributed by atoms with van der Waals surface area (Å²) in [6, 6.07) is 21.8. The van der Waals surface area contributed by atoms with Crippen LogP contribution in [0.4, 0.5) is 0 Å². The van der Waals surface area contributed by atoms with Crippen molar-refractivity contribution < 1.29 is 14.0 Å². The van der Waals surface area contributed by atoms with Gasteiger partial charge in [0.1, 0.15) is 5.78 Å².